The zero-order valence-electron chi connectivity index (χ0n) is 10.3. The van der Waals surface area contributed by atoms with Gasteiger partial charge in [-0.15, -0.1) is 0 Å². The van der Waals surface area contributed by atoms with Crippen molar-refractivity contribution in [2.75, 3.05) is 5.32 Å². The molecule has 1 amide bonds. The van der Waals surface area contributed by atoms with Gasteiger partial charge in [-0.25, -0.2) is 4.98 Å². The van der Waals surface area contributed by atoms with Crippen LogP contribution in [0.3, 0.4) is 0 Å². The highest BCUT2D eigenvalue weighted by Gasteiger charge is 2.29. The van der Waals surface area contributed by atoms with Gasteiger partial charge in [0.25, 0.3) is 5.91 Å². The van der Waals surface area contributed by atoms with Crippen LogP contribution in [-0.4, -0.2) is 16.4 Å². The summed E-state index contributed by atoms with van der Waals surface area (Å²) in [5, 5.41) is 2.74. The molecular weight excluding hydrogens is 325 g/mol. The van der Waals surface area contributed by atoms with E-state index in [0.717, 1.165) is 0 Å². The molecule has 0 saturated carbocycles. The van der Waals surface area contributed by atoms with Crippen LogP contribution in [0.15, 0.2) is 47.5 Å². The molecule has 0 saturated heterocycles. The molecule has 1 aromatic heterocycles. The fourth-order valence-electron chi connectivity index (χ4n) is 1.49. The standard InChI is InChI=1S/C13H8ClF3N2OS/c14-11-7-8(5-6-18-11)12(20)19-9-1-3-10(4-2-9)21-13(15,16)17/h1-7H,(H,19,20). The Morgan fingerprint density at radius 2 is 1.86 bits per heavy atom. The molecular formula is C13H8ClF3N2OS. The number of nitrogens with one attached hydrogen (secondary N) is 1. The summed E-state index contributed by atoms with van der Waals surface area (Å²) in [6.45, 7) is 0. The second-order valence-electron chi connectivity index (χ2n) is 3.89. The zero-order chi connectivity index (χ0) is 15.5. The van der Waals surface area contributed by atoms with Gasteiger partial charge in [0.05, 0.1) is 0 Å². The highest BCUT2D eigenvalue weighted by Crippen LogP contribution is 2.37. The van der Waals surface area contributed by atoms with Crippen molar-refractivity contribution in [2.45, 2.75) is 10.4 Å². The molecule has 1 aromatic carbocycles. The maximum atomic E-state index is 12.2. The number of amides is 1. The molecule has 0 fully saturated rings. The Kier molecular flexibility index (Phi) is 4.74. The van der Waals surface area contributed by atoms with Crippen LogP contribution in [0.2, 0.25) is 5.15 Å². The first-order valence-corrected chi connectivity index (χ1v) is 6.82. The molecule has 0 bridgehead atoms. The quantitative estimate of drug-likeness (QED) is 0.660. The van der Waals surface area contributed by atoms with Crippen molar-refractivity contribution in [2.24, 2.45) is 0 Å². The molecule has 0 atom stereocenters. The molecule has 3 nitrogen and oxygen atoms in total. The topological polar surface area (TPSA) is 42.0 Å². The first-order chi connectivity index (χ1) is 9.83. The van der Waals surface area contributed by atoms with Gasteiger partial charge in [0.1, 0.15) is 5.15 Å². The van der Waals surface area contributed by atoms with E-state index >= 15 is 0 Å². The van der Waals surface area contributed by atoms with E-state index in [2.05, 4.69) is 10.3 Å². The van der Waals surface area contributed by atoms with Crippen LogP contribution in [0.25, 0.3) is 0 Å². The lowest BCUT2D eigenvalue weighted by molar-refractivity contribution is -0.0328. The Morgan fingerprint density at radius 1 is 1.19 bits per heavy atom. The normalized spacial score (nSPS) is 11.2. The lowest BCUT2D eigenvalue weighted by Gasteiger charge is -2.08. The lowest BCUT2D eigenvalue weighted by atomic mass is 10.2. The predicted octanol–water partition coefficient (Wildman–Crippen LogP) is 4.60. The van der Waals surface area contributed by atoms with Gasteiger partial charge in [-0.2, -0.15) is 13.2 Å². The largest absolute Gasteiger partial charge is 0.446 e. The molecule has 0 aliphatic rings. The third kappa shape index (κ3) is 4.95. The van der Waals surface area contributed by atoms with Crippen LogP contribution in [0.1, 0.15) is 10.4 Å². The van der Waals surface area contributed by atoms with Crippen LogP contribution >= 0.6 is 23.4 Å². The Labute approximate surface area is 127 Å². The van der Waals surface area contributed by atoms with Gasteiger partial charge in [-0.1, -0.05) is 11.6 Å². The Morgan fingerprint density at radius 3 is 2.43 bits per heavy atom. The highest BCUT2D eigenvalue weighted by atomic mass is 35.5. The minimum absolute atomic E-state index is 0.0486. The van der Waals surface area contributed by atoms with E-state index in [4.69, 9.17) is 11.6 Å². The third-order valence-corrected chi connectivity index (χ3v) is 3.28. The average Bonchev–Trinajstić information content (AvgIpc) is 2.39. The van der Waals surface area contributed by atoms with Crippen LogP contribution < -0.4 is 5.32 Å². The molecule has 0 aliphatic carbocycles. The molecule has 0 spiro atoms. The number of thioether (sulfide) groups is 1. The van der Waals surface area contributed by atoms with Crippen LogP contribution in [0, 0.1) is 0 Å². The predicted molar refractivity (Wildman–Crippen MR) is 75.6 cm³/mol. The van der Waals surface area contributed by atoms with E-state index in [1.54, 1.807) is 0 Å². The molecule has 0 aliphatic heterocycles. The maximum absolute atomic E-state index is 12.2. The minimum Gasteiger partial charge on any atom is -0.322 e. The monoisotopic (exact) mass is 332 g/mol. The highest BCUT2D eigenvalue weighted by molar-refractivity contribution is 8.00. The number of aromatic nitrogens is 1. The molecule has 0 radical (unpaired) electrons. The number of hydrogen-bond donors (Lipinski definition) is 1. The second-order valence-corrected chi connectivity index (χ2v) is 5.42. The van der Waals surface area contributed by atoms with E-state index < -0.39 is 11.4 Å². The maximum Gasteiger partial charge on any atom is 0.446 e. The van der Waals surface area contributed by atoms with Crippen molar-refractivity contribution >= 4 is 35.0 Å². The Hall–Kier alpha value is -1.73. The molecule has 21 heavy (non-hydrogen) atoms. The first-order valence-electron chi connectivity index (χ1n) is 5.62. The molecule has 2 rings (SSSR count). The van der Waals surface area contributed by atoms with Gasteiger partial charge < -0.3 is 5.32 Å². The van der Waals surface area contributed by atoms with Crippen molar-refractivity contribution in [1.82, 2.24) is 4.98 Å². The molecule has 8 heteroatoms. The number of carbonyl (C=O) groups excluding carboxylic acids is 1. The summed E-state index contributed by atoms with van der Waals surface area (Å²) in [5.41, 5.74) is -3.64. The number of carbonyl (C=O) groups is 1. The Bertz CT molecular complexity index is 647. The average molecular weight is 333 g/mol. The van der Waals surface area contributed by atoms with Gasteiger partial charge in [0.2, 0.25) is 0 Å². The van der Waals surface area contributed by atoms with Gasteiger partial charge in [0.15, 0.2) is 0 Å². The molecule has 0 unspecified atom stereocenters. The molecule has 2 aromatic rings. The van der Waals surface area contributed by atoms with Crippen molar-refractivity contribution in [3.8, 4) is 0 Å². The number of benzene rings is 1. The fourth-order valence-corrected chi connectivity index (χ4v) is 2.20. The van der Waals surface area contributed by atoms with E-state index in [1.807, 2.05) is 0 Å². The van der Waals surface area contributed by atoms with E-state index in [-0.39, 0.29) is 21.8 Å². The molecule has 110 valence electrons. The van der Waals surface area contributed by atoms with E-state index in [1.165, 1.54) is 42.6 Å². The van der Waals surface area contributed by atoms with Crippen molar-refractivity contribution in [3.63, 3.8) is 0 Å². The number of hydrogen-bond acceptors (Lipinski definition) is 3. The Balaban J connectivity index is 2.05. The van der Waals surface area contributed by atoms with Crippen molar-refractivity contribution in [1.29, 1.82) is 0 Å². The summed E-state index contributed by atoms with van der Waals surface area (Å²) in [7, 11) is 0. The summed E-state index contributed by atoms with van der Waals surface area (Å²) in [4.78, 5) is 15.7. The van der Waals surface area contributed by atoms with Gasteiger partial charge in [-0.3, -0.25) is 4.79 Å². The third-order valence-electron chi connectivity index (χ3n) is 2.33. The molecule has 1 heterocycles. The van der Waals surface area contributed by atoms with Crippen LogP contribution in [-0.2, 0) is 0 Å². The van der Waals surface area contributed by atoms with Crippen molar-refractivity contribution < 1.29 is 18.0 Å². The number of rotatable bonds is 3. The van der Waals surface area contributed by atoms with E-state index in [0.29, 0.717) is 11.3 Å². The number of pyridine rings is 1. The van der Waals surface area contributed by atoms with Crippen LogP contribution in [0.4, 0.5) is 18.9 Å². The fraction of sp³-hybridized carbons (Fsp3) is 0.0769. The summed E-state index contributed by atoms with van der Waals surface area (Å²) in [6, 6.07) is 8.24. The van der Waals surface area contributed by atoms with Crippen LogP contribution in [0.5, 0.6) is 0 Å². The molecule has 1 N–H and O–H groups in total. The summed E-state index contributed by atoms with van der Waals surface area (Å²) in [5.74, 6) is -0.421. The van der Waals surface area contributed by atoms with E-state index in [9.17, 15) is 18.0 Å². The lowest BCUT2D eigenvalue weighted by Crippen LogP contribution is -2.11. The summed E-state index contributed by atoms with van der Waals surface area (Å²) in [6.07, 6.45) is 1.39. The summed E-state index contributed by atoms with van der Waals surface area (Å²) < 4.78 is 36.6. The SMILES string of the molecule is O=C(Nc1ccc(SC(F)(F)F)cc1)c1ccnc(Cl)c1. The van der Waals surface area contributed by atoms with Gasteiger partial charge in [0, 0.05) is 22.3 Å². The summed E-state index contributed by atoms with van der Waals surface area (Å²) >= 11 is 5.46. The van der Waals surface area contributed by atoms with Crippen molar-refractivity contribution in [3.05, 3.63) is 53.3 Å². The first kappa shape index (κ1) is 15.7. The number of anilines is 1. The zero-order valence-corrected chi connectivity index (χ0v) is 11.9. The smallest absolute Gasteiger partial charge is 0.322 e. The number of alkyl halides is 3. The number of halogens is 4. The van der Waals surface area contributed by atoms with Gasteiger partial charge >= 0.3 is 5.51 Å². The minimum atomic E-state index is -4.33. The number of nitrogens with zero attached hydrogens (tertiary/aromatic N) is 1. The van der Waals surface area contributed by atoms with Gasteiger partial charge in [-0.05, 0) is 48.2 Å². The second kappa shape index (κ2) is 6.36.